The molecule has 27 heavy (non-hydrogen) atoms. The zero-order chi connectivity index (χ0) is 19.4. The summed E-state index contributed by atoms with van der Waals surface area (Å²) in [6.07, 6.45) is 0.531. The molecule has 1 saturated carbocycles. The monoisotopic (exact) mass is 388 g/mol. The van der Waals surface area contributed by atoms with Gasteiger partial charge in [-0.2, -0.15) is 0 Å². The summed E-state index contributed by atoms with van der Waals surface area (Å²) in [6.45, 7) is 0.412. The zero-order valence-corrected chi connectivity index (χ0v) is 15.9. The standard InChI is InChI=1S/C20H21ClN2O4/c1-26-14-6-3-12(4-7-14)11-22-19(24)15-10-16(15)20(25)23-17-9-13(21)5-8-18(17)27-2/h3-9,15-16H,10-11H2,1-2H3,(H,22,24)(H,23,25). The van der Waals surface area contributed by atoms with Gasteiger partial charge in [0.05, 0.1) is 31.7 Å². The van der Waals surface area contributed by atoms with E-state index >= 15 is 0 Å². The lowest BCUT2D eigenvalue weighted by molar-refractivity contribution is -0.125. The number of methoxy groups -OCH3 is 2. The number of carbonyl (C=O) groups is 2. The van der Waals surface area contributed by atoms with Gasteiger partial charge in [-0.1, -0.05) is 23.7 Å². The molecule has 2 aromatic carbocycles. The molecule has 0 aromatic heterocycles. The van der Waals surface area contributed by atoms with E-state index in [1.807, 2.05) is 24.3 Å². The van der Waals surface area contributed by atoms with Crippen LogP contribution in [-0.4, -0.2) is 26.0 Å². The first kappa shape index (κ1) is 19.0. The number of ether oxygens (including phenoxy) is 2. The van der Waals surface area contributed by atoms with Crippen LogP contribution in [0.15, 0.2) is 42.5 Å². The lowest BCUT2D eigenvalue weighted by Gasteiger charge is -2.10. The van der Waals surface area contributed by atoms with Gasteiger partial charge in [-0.3, -0.25) is 9.59 Å². The Labute approximate surface area is 162 Å². The summed E-state index contributed by atoms with van der Waals surface area (Å²) in [5.74, 6) is 0.302. The van der Waals surface area contributed by atoms with Crippen LogP contribution in [0.1, 0.15) is 12.0 Å². The fraction of sp³-hybridized carbons (Fsp3) is 0.300. The van der Waals surface area contributed by atoms with Crippen LogP contribution < -0.4 is 20.1 Å². The molecule has 1 aliphatic rings. The Morgan fingerprint density at radius 1 is 1.04 bits per heavy atom. The zero-order valence-electron chi connectivity index (χ0n) is 15.1. The van der Waals surface area contributed by atoms with Crippen molar-refractivity contribution in [3.8, 4) is 11.5 Å². The third kappa shape index (κ3) is 4.71. The van der Waals surface area contributed by atoms with E-state index in [0.29, 0.717) is 29.4 Å². The lowest BCUT2D eigenvalue weighted by atomic mass is 10.2. The van der Waals surface area contributed by atoms with Crippen LogP contribution in [0.25, 0.3) is 0 Å². The van der Waals surface area contributed by atoms with Gasteiger partial charge >= 0.3 is 0 Å². The molecule has 0 saturated heterocycles. The van der Waals surface area contributed by atoms with E-state index in [-0.39, 0.29) is 23.7 Å². The van der Waals surface area contributed by atoms with E-state index in [9.17, 15) is 9.59 Å². The second-order valence-corrected chi connectivity index (χ2v) is 6.78. The van der Waals surface area contributed by atoms with Gasteiger partial charge in [-0.15, -0.1) is 0 Å². The number of hydrogen-bond donors (Lipinski definition) is 2. The highest BCUT2D eigenvalue weighted by Crippen LogP contribution is 2.40. The number of nitrogens with one attached hydrogen (secondary N) is 2. The van der Waals surface area contributed by atoms with Crippen molar-refractivity contribution in [2.75, 3.05) is 19.5 Å². The normalized spacial score (nSPS) is 17.7. The highest BCUT2D eigenvalue weighted by Gasteiger charge is 2.48. The molecule has 2 aromatic rings. The largest absolute Gasteiger partial charge is 0.497 e. The van der Waals surface area contributed by atoms with E-state index in [4.69, 9.17) is 21.1 Å². The summed E-state index contributed by atoms with van der Waals surface area (Å²) in [5, 5.41) is 6.16. The Morgan fingerprint density at radius 2 is 1.74 bits per heavy atom. The Kier molecular flexibility index (Phi) is 5.86. The molecule has 0 bridgehead atoms. The van der Waals surface area contributed by atoms with Crippen molar-refractivity contribution in [2.24, 2.45) is 11.8 Å². The van der Waals surface area contributed by atoms with Gasteiger partial charge in [0.15, 0.2) is 0 Å². The van der Waals surface area contributed by atoms with Gasteiger partial charge in [0.2, 0.25) is 11.8 Å². The van der Waals surface area contributed by atoms with E-state index in [1.165, 1.54) is 7.11 Å². The fourth-order valence-corrected chi connectivity index (χ4v) is 3.01. The molecular weight excluding hydrogens is 368 g/mol. The van der Waals surface area contributed by atoms with Gasteiger partial charge in [0, 0.05) is 11.6 Å². The van der Waals surface area contributed by atoms with Crippen LogP contribution in [0.4, 0.5) is 5.69 Å². The van der Waals surface area contributed by atoms with Gasteiger partial charge < -0.3 is 20.1 Å². The molecule has 142 valence electrons. The molecule has 6 nitrogen and oxygen atoms in total. The second kappa shape index (κ2) is 8.31. The van der Waals surface area contributed by atoms with Crippen LogP contribution in [0.3, 0.4) is 0 Å². The molecule has 2 N–H and O–H groups in total. The van der Waals surface area contributed by atoms with Crippen LogP contribution >= 0.6 is 11.6 Å². The maximum absolute atomic E-state index is 12.4. The third-order valence-corrected chi connectivity index (χ3v) is 4.74. The molecule has 2 unspecified atom stereocenters. The van der Waals surface area contributed by atoms with Crippen LogP contribution in [0.2, 0.25) is 5.02 Å². The molecule has 3 rings (SSSR count). The number of hydrogen-bond acceptors (Lipinski definition) is 4. The van der Waals surface area contributed by atoms with Gasteiger partial charge in [-0.25, -0.2) is 0 Å². The minimum absolute atomic E-state index is 0.121. The van der Waals surface area contributed by atoms with Gasteiger partial charge in [-0.05, 0) is 42.3 Å². The number of benzene rings is 2. The molecule has 2 atom stereocenters. The summed E-state index contributed by atoms with van der Waals surface area (Å²) in [6, 6.07) is 12.5. The minimum Gasteiger partial charge on any atom is -0.497 e. The quantitative estimate of drug-likeness (QED) is 0.763. The summed E-state index contributed by atoms with van der Waals surface area (Å²) in [7, 11) is 3.12. The smallest absolute Gasteiger partial charge is 0.228 e. The third-order valence-electron chi connectivity index (χ3n) is 4.51. The first-order valence-electron chi connectivity index (χ1n) is 8.57. The number of rotatable bonds is 7. The first-order chi connectivity index (χ1) is 13.0. The molecule has 0 heterocycles. The molecule has 0 aliphatic heterocycles. The summed E-state index contributed by atoms with van der Waals surface area (Å²) >= 11 is 5.97. The average molecular weight is 389 g/mol. The minimum atomic E-state index is -0.343. The van der Waals surface area contributed by atoms with Gasteiger partial charge in [0.25, 0.3) is 0 Å². The van der Waals surface area contributed by atoms with Crippen molar-refractivity contribution in [1.82, 2.24) is 5.32 Å². The predicted octanol–water partition coefficient (Wildman–Crippen LogP) is 3.25. The van der Waals surface area contributed by atoms with E-state index < -0.39 is 0 Å². The highest BCUT2D eigenvalue weighted by molar-refractivity contribution is 6.31. The van der Waals surface area contributed by atoms with Gasteiger partial charge in [0.1, 0.15) is 11.5 Å². The fourth-order valence-electron chi connectivity index (χ4n) is 2.84. The Bertz CT molecular complexity index is 838. The lowest BCUT2D eigenvalue weighted by Crippen LogP contribution is -2.27. The van der Waals surface area contributed by atoms with Crippen molar-refractivity contribution in [1.29, 1.82) is 0 Å². The van der Waals surface area contributed by atoms with Crippen LogP contribution in [-0.2, 0) is 16.1 Å². The SMILES string of the molecule is COc1ccc(CNC(=O)C2CC2C(=O)Nc2cc(Cl)ccc2OC)cc1. The molecule has 1 fully saturated rings. The number of amides is 2. The number of carbonyl (C=O) groups excluding carboxylic acids is 2. The summed E-state index contributed by atoms with van der Waals surface area (Å²) in [4.78, 5) is 24.7. The summed E-state index contributed by atoms with van der Waals surface area (Å²) < 4.78 is 10.3. The highest BCUT2D eigenvalue weighted by atomic mass is 35.5. The molecular formula is C20H21ClN2O4. The molecule has 2 amide bonds. The Balaban J connectivity index is 1.51. The second-order valence-electron chi connectivity index (χ2n) is 6.35. The number of halogens is 1. The Hall–Kier alpha value is -2.73. The average Bonchev–Trinajstić information content (AvgIpc) is 3.48. The molecule has 1 aliphatic carbocycles. The summed E-state index contributed by atoms with van der Waals surface area (Å²) in [5.41, 5.74) is 1.47. The molecule has 0 spiro atoms. The van der Waals surface area contributed by atoms with Crippen molar-refractivity contribution in [3.63, 3.8) is 0 Å². The maximum atomic E-state index is 12.4. The maximum Gasteiger partial charge on any atom is 0.228 e. The topological polar surface area (TPSA) is 76.7 Å². The van der Waals surface area contributed by atoms with Crippen LogP contribution in [0, 0.1) is 11.8 Å². The van der Waals surface area contributed by atoms with E-state index in [1.54, 1.807) is 25.3 Å². The van der Waals surface area contributed by atoms with Crippen molar-refractivity contribution >= 4 is 29.1 Å². The first-order valence-corrected chi connectivity index (χ1v) is 8.94. The van der Waals surface area contributed by atoms with Crippen molar-refractivity contribution in [2.45, 2.75) is 13.0 Å². The van der Waals surface area contributed by atoms with E-state index in [0.717, 1.165) is 11.3 Å². The van der Waals surface area contributed by atoms with Crippen molar-refractivity contribution in [3.05, 3.63) is 53.1 Å². The van der Waals surface area contributed by atoms with Crippen LogP contribution in [0.5, 0.6) is 11.5 Å². The predicted molar refractivity (Wildman–Crippen MR) is 103 cm³/mol. The Morgan fingerprint density at radius 3 is 2.41 bits per heavy atom. The number of anilines is 1. The van der Waals surface area contributed by atoms with Crippen molar-refractivity contribution < 1.29 is 19.1 Å². The van der Waals surface area contributed by atoms with E-state index in [2.05, 4.69) is 10.6 Å². The molecule has 7 heteroatoms. The molecule has 0 radical (unpaired) electrons.